The second kappa shape index (κ2) is 7.60. The zero-order valence-electron chi connectivity index (χ0n) is 16.3. The molecule has 0 unspecified atom stereocenters. The normalized spacial score (nSPS) is 20.6. The predicted molar refractivity (Wildman–Crippen MR) is 107 cm³/mol. The molecule has 0 aliphatic carbocycles. The van der Waals surface area contributed by atoms with E-state index in [2.05, 4.69) is 20.4 Å². The van der Waals surface area contributed by atoms with Crippen LogP contribution in [0.4, 0.5) is 14.5 Å². The highest BCUT2D eigenvalue weighted by Crippen LogP contribution is 2.33. The van der Waals surface area contributed by atoms with E-state index in [-0.39, 0.29) is 11.6 Å². The van der Waals surface area contributed by atoms with Gasteiger partial charge in [0.05, 0.1) is 0 Å². The van der Waals surface area contributed by atoms with Crippen LogP contribution < -0.4 is 5.32 Å². The minimum atomic E-state index is -0.414. The first-order valence-electron chi connectivity index (χ1n) is 10.0. The monoisotopic (exact) mass is 409 g/mol. The third kappa shape index (κ3) is 3.70. The molecule has 0 radical (unpaired) electrons. The molecule has 2 aliphatic rings. The average molecular weight is 409 g/mol. The van der Waals surface area contributed by atoms with Crippen molar-refractivity contribution < 1.29 is 13.6 Å². The van der Waals surface area contributed by atoms with E-state index in [1.807, 2.05) is 10.6 Å². The maximum absolute atomic E-state index is 13.5. The smallest absolute Gasteiger partial charge is 0.293 e. The molecule has 2 aliphatic heterocycles. The van der Waals surface area contributed by atoms with Gasteiger partial charge in [-0.25, -0.2) is 8.78 Å². The average Bonchev–Trinajstić information content (AvgIpc) is 3.28. The summed E-state index contributed by atoms with van der Waals surface area (Å²) >= 11 is 0. The van der Waals surface area contributed by atoms with Crippen molar-refractivity contribution in [2.24, 2.45) is 11.8 Å². The molecule has 1 fully saturated rings. The van der Waals surface area contributed by atoms with E-state index in [9.17, 15) is 13.6 Å². The van der Waals surface area contributed by atoms with E-state index in [1.54, 1.807) is 24.3 Å². The van der Waals surface area contributed by atoms with Crippen molar-refractivity contribution in [2.75, 3.05) is 18.4 Å². The summed E-state index contributed by atoms with van der Waals surface area (Å²) in [6.07, 6.45) is 0.755. The molecule has 8 heteroatoms. The fourth-order valence-corrected chi connectivity index (χ4v) is 4.56. The van der Waals surface area contributed by atoms with Crippen molar-refractivity contribution >= 4 is 11.6 Å². The Hall–Kier alpha value is -3.13. The topological polar surface area (TPSA) is 63.1 Å². The Kier molecular flexibility index (Phi) is 4.78. The first-order valence-corrected chi connectivity index (χ1v) is 10.0. The number of anilines is 1. The molecule has 0 bridgehead atoms. The molecule has 3 heterocycles. The number of nitrogens with one attached hydrogen (secondary N) is 1. The molecule has 1 N–H and O–H groups in total. The molecule has 2 atom stereocenters. The fourth-order valence-electron chi connectivity index (χ4n) is 4.56. The van der Waals surface area contributed by atoms with Crippen LogP contribution in [0.3, 0.4) is 0 Å². The minimum absolute atomic E-state index is 0.218. The lowest BCUT2D eigenvalue weighted by Crippen LogP contribution is -2.31. The van der Waals surface area contributed by atoms with Crippen LogP contribution in [0, 0.1) is 23.5 Å². The molecule has 1 aromatic heterocycles. The van der Waals surface area contributed by atoms with E-state index in [4.69, 9.17) is 0 Å². The van der Waals surface area contributed by atoms with Crippen molar-refractivity contribution in [3.05, 3.63) is 77.4 Å². The van der Waals surface area contributed by atoms with Crippen molar-refractivity contribution in [1.29, 1.82) is 0 Å². The van der Waals surface area contributed by atoms with E-state index in [1.165, 1.54) is 18.2 Å². The van der Waals surface area contributed by atoms with Gasteiger partial charge in [-0.3, -0.25) is 9.69 Å². The van der Waals surface area contributed by atoms with Crippen LogP contribution in [0.5, 0.6) is 0 Å². The van der Waals surface area contributed by atoms with Crippen LogP contribution in [-0.2, 0) is 19.5 Å². The molecule has 6 nitrogen and oxygen atoms in total. The van der Waals surface area contributed by atoms with Crippen molar-refractivity contribution in [3.8, 4) is 0 Å². The lowest BCUT2D eigenvalue weighted by Gasteiger charge is -2.25. The summed E-state index contributed by atoms with van der Waals surface area (Å²) in [5.74, 6) is 0.835. The molecule has 3 aromatic rings. The summed E-state index contributed by atoms with van der Waals surface area (Å²) in [7, 11) is 0. The largest absolute Gasteiger partial charge is 0.319 e. The summed E-state index contributed by atoms with van der Waals surface area (Å²) in [6.45, 7) is 3.17. The number of carbonyl (C=O) groups excluding carboxylic acids is 1. The van der Waals surface area contributed by atoms with Crippen LogP contribution in [0.25, 0.3) is 0 Å². The van der Waals surface area contributed by atoms with Gasteiger partial charge in [0.15, 0.2) is 0 Å². The third-order valence-corrected chi connectivity index (χ3v) is 5.92. The number of nitrogens with zero attached hydrogens (tertiary/aromatic N) is 4. The molecule has 30 heavy (non-hydrogen) atoms. The highest BCUT2D eigenvalue weighted by molar-refractivity contribution is 6.01. The van der Waals surface area contributed by atoms with Gasteiger partial charge in [0.1, 0.15) is 17.5 Å². The number of amides is 1. The van der Waals surface area contributed by atoms with Crippen LogP contribution in [0.2, 0.25) is 0 Å². The van der Waals surface area contributed by atoms with Crippen molar-refractivity contribution in [3.63, 3.8) is 0 Å². The second-order valence-electron chi connectivity index (χ2n) is 8.06. The van der Waals surface area contributed by atoms with Gasteiger partial charge in [0, 0.05) is 38.3 Å². The lowest BCUT2D eigenvalue weighted by molar-refractivity contribution is 0.100. The highest BCUT2D eigenvalue weighted by Gasteiger charge is 2.39. The number of fused-ring (bicyclic) bond motifs is 2. The number of benzene rings is 2. The second-order valence-corrected chi connectivity index (χ2v) is 8.06. The van der Waals surface area contributed by atoms with Gasteiger partial charge in [-0.15, -0.1) is 10.2 Å². The van der Waals surface area contributed by atoms with Gasteiger partial charge in [-0.1, -0.05) is 18.2 Å². The Balaban J connectivity index is 1.28. The summed E-state index contributed by atoms with van der Waals surface area (Å²) in [6, 6.07) is 12.5. The number of halogens is 2. The van der Waals surface area contributed by atoms with Crippen LogP contribution in [-0.4, -0.2) is 38.7 Å². The third-order valence-electron chi connectivity index (χ3n) is 5.92. The standard InChI is InChI=1S/C22H21F2N5O/c23-17-4-1-3-14(7-17)10-28-11-15-8-20-26-27-21(29(20)13-16(15)12-28)22(30)25-19-6-2-5-18(24)9-19/h1-7,9,15-16H,8,10-13H2,(H,25,30)/t15-,16-/m1/s1. The van der Waals surface area contributed by atoms with Gasteiger partial charge in [0.25, 0.3) is 5.91 Å². The van der Waals surface area contributed by atoms with E-state index >= 15 is 0 Å². The zero-order chi connectivity index (χ0) is 20.7. The Morgan fingerprint density at radius 1 is 1.00 bits per heavy atom. The van der Waals surface area contributed by atoms with Gasteiger partial charge in [0.2, 0.25) is 5.82 Å². The maximum atomic E-state index is 13.5. The zero-order valence-corrected chi connectivity index (χ0v) is 16.3. The molecule has 1 saturated heterocycles. The van der Waals surface area contributed by atoms with E-state index in [0.29, 0.717) is 30.6 Å². The molecular formula is C22H21F2N5O. The lowest BCUT2D eigenvalue weighted by atomic mass is 9.89. The molecular weight excluding hydrogens is 388 g/mol. The number of carbonyl (C=O) groups is 1. The molecule has 0 spiro atoms. The summed E-state index contributed by atoms with van der Waals surface area (Å²) in [5, 5.41) is 11.0. The Bertz CT molecular complexity index is 1100. The van der Waals surface area contributed by atoms with E-state index < -0.39 is 11.7 Å². The summed E-state index contributed by atoms with van der Waals surface area (Å²) in [4.78, 5) is 15.0. The summed E-state index contributed by atoms with van der Waals surface area (Å²) < 4.78 is 28.7. The number of hydrogen-bond acceptors (Lipinski definition) is 4. The van der Waals surface area contributed by atoms with Crippen LogP contribution in [0.15, 0.2) is 48.5 Å². The van der Waals surface area contributed by atoms with Crippen LogP contribution >= 0.6 is 0 Å². The van der Waals surface area contributed by atoms with Gasteiger partial charge < -0.3 is 9.88 Å². The molecule has 2 aromatic carbocycles. The van der Waals surface area contributed by atoms with Gasteiger partial charge >= 0.3 is 0 Å². The van der Waals surface area contributed by atoms with Crippen LogP contribution in [0.1, 0.15) is 22.0 Å². The van der Waals surface area contributed by atoms with Gasteiger partial charge in [-0.2, -0.15) is 0 Å². The Labute approximate surface area is 172 Å². The van der Waals surface area contributed by atoms with Crippen molar-refractivity contribution in [1.82, 2.24) is 19.7 Å². The first-order chi connectivity index (χ1) is 14.5. The maximum Gasteiger partial charge on any atom is 0.293 e. The number of hydrogen-bond donors (Lipinski definition) is 1. The molecule has 5 rings (SSSR count). The summed E-state index contributed by atoms with van der Waals surface area (Å²) in [5.41, 5.74) is 1.34. The Morgan fingerprint density at radius 2 is 1.77 bits per heavy atom. The predicted octanol–water partition coefficient (Wildman–Crippen LogP) is 3.11. The van der Waals surface area contributed by atoms with Crippen molar-refractivity contribution in [2.45, 2.75) is 19.5 Å². The first kappa shape index (κ1) is 18.9. The molecule has 0 saturated carbocycles. The highest BCUT2D eigenvalue weighted by atomic mass is 19.1. The number of rotatable bonds is 4. The number of likely N-dealkylation sites (tertiary alicyclic amines) is 1. The fraction of sp³-hybridized carbons (Fsp3) is 0.318. The van der Waals surface area contributed by atoms with E-state index in [0.717, 1.165) is 30.9 Å². The SMILES string of the molecule is O=C(Nc1cccc(F)c1)c1nnc2n1C[C@H]1CN(Cc3cccc(F)c3)C[C@H]1C2. The Morgan fingerprint density at radius 3 is 2.57 bits per heavy atom. The minimum Gasteiger partial charge on any atom is -0.319 e. The number of aromatic nitrogens is 3. The van der Waals surface area contributed by atoms with Gasteiger partial charge in [-0.05, 0) is 47.7 Å². The molecule has 1 amide bonds. The quantitative estimate of drug-likeness (QED) is 0.719. The molecule has 154 valence electrons.